The average Bonchev–Trinajstić information content (AvgIpc) is 3.11. The Morgan fingerprint density at radius 3 is 2.82 bits per heavy atom. The van der Waals surface area contributed by atoms with Crippen molar-refractivity contribution in [3.05, 3.63) is 18.2 Å². The van der Waals surface area contributed by atoms with E-state index in [1.165, 1.54) is 12.8 Å². The van der Waals surface area contributed by atoms with Crippen LogP contribution >= 0.6 is 0 Å². The van der Waals surface area contributed by atoms with E-state index < -0.39 is 0 Å². The Kier molecular flexibility index (Phi) is 3.84. The summed E-state index contributed by atoms with van der Waals surface area (Å²) in [4.78, 5) is 4.25. The largest absolute Gasteiger partial charge is 0.394 e. The number of hydrogen-bond acceptors (Lipinski definition) is 3. The predicted octanol–water partition coefficient (Wildman–Crippen LogP) is 1.33. The molecule has 4 nitrogen and oxygen atoms in total. The van der Waals surface area contributed by atoms with Gasteiger partial charge in [0.25, 0.3) is 0 Å². The van der Waals surface area contributed by atoms with E-state index in [-0.39, 0.29) is 12.1 Å². The Labute approximate surface area is 103 Å². The van der Waals surface area contributed by atoms with Crippen LogP contribution in [0.15, 0.2) is 12.4 Å². The first-order valence-electron chi connectivity index (χ1n) is 6.55. The lowest BCUT2D eigenvalue weighted by molar-refractivity contribution is 0.121. The maximum atomic E-state index is 9.81. The van der Waals surface area contributed by atoms with Crippen molar-refractivity contribution >= 4 is 0 Å². The first-order valence-corrected chi connectivity index (χ1v) is 6.55. The molecule has 1 saturated carbocycles. The van der Waals surface area contributed by atoms with Gasteiger partial charge in [-0.05, 0) is 38.6 Å². The Balaban J connectivity index is 2.11. The standard InChI is InChI=1S/C13H23N3O/c1-3-6-15-13(10-17,12-4-5-12)9-16-8-7-14-11(16)2/h7-8,12,15,17H,3-6,9-10H2,1-2H3. The van der Waals surface area contributed by atoms with Crippen molar-refractivity contribution < 1.29 is 5.11 Å². The second-order valence-corrected chi connectivity index (χ2v) is 5.12. The zero-order chi connectivity index (χ0) is 12.3. The summed E-state index contributed by atoms with van der Waals surface area (Å²) in [6.07, 6.45) is 7.37. The van der Waals surface area contributed by atoms with Gasteiger partial charge in [-0.25, -0.2) is 4.98 Å². The number of aryl methyl sites for hydroxylation is 1. The van der Waals surface area contributed by atoms with Gasteiger partial charge in [-0.15, -0.1) is 0 Å². The highest BCUT2D eigenvalue weighted by Crippen LogP contribution is 2.40. The zero-order valence-corrected chi connectivity index (χ0v) is 10.8. The lowest BCUT2D eigenvalue weighted by Gasteiger charge is -2.34. The first-order chi connectivity index (χ1) is 8.22. The van der Waals surface area contributed by atoms with Crippen molar-refractivity contribution in [3.63, 3.8) is 0 Å². The van der Waals surface area contributed by atoms with Crippen LogP contribution in [0.4, 0.5) is 0 Å². The molecule has 0 aliphatic heterocycles. The molecule has 1 aliphatic carbocycles. The highest BCUT2D eigenvalue weighted by atomic mass is 16.3. The molecule has 4 heteroatoms. The van der Waals surface area contributed by atoms with Gasteiger partial charge in [0.2, 0.25) is 0 Å². The Bertz CT molecular complexity index is 359. The molecule has 0 radical (unpaired) electrons. The van der Waals surface area contributed by atoms with E-state index in [4.69, 9.17) is 0 Å². The van der Waals surface area contributed by atoms with Gasteiger partial charge in [-0.2, -0.15) is 0 Å². The fraction of sp³-hybridized carbons (Fsp3) is 0.769. The molecular formula is C13H23N3O. The molecule has 1 aliphatic rings. The number of imidazole rings is 1. The summed E-state index contributed by atoms with van der Waals surface area (Å²) < 4.78 is 2.14. The minimum atomic E-state index is -0.151. The van der Waals surface area contributed by atoms with Crippen LogP contribution in [-0.4, -0.2) is 33.3 Å². The number of rotatable bonds is 7. The minimum Gasteiger partial charge on any atom is -0.394 e. The van der Waals surface area contributed by atoms with Crippen molar-refractivity contribution in [3.8, 4) is 0 Å². The van der Waals surface area contributed by atoms with Crippen molar-refractivity contribution in [1.29, 1.82) is 0 Å². The van der Waals surface area contributed by atoms with Gasteiger partial charge in [-0.1, -0.05) is 6.92 Å². The molecule has 0 amide bonds. The van der Waals surface area contributed by atoms with E-state index in [2.05, 4.69) is 21.8 Å². The van der Waals surface area contributed by atoms with Crippen LogP contribution in [0.3, 0.4) is 0 Å². The molecule has 0 bridgehead atoms. The third-order valence-corrected chi connectivity index (χ3v) is 3.74. The molecule has 2 N–H and O–H groups in total. The molecule has 1 unspecified atom stereocenters. The molecule has 96 valence electrons. The van der Waals surface area contributed by atoms with Crippen LogP contribution in [-0.2, 0) is 6.54 Å². The number of nitrogens with one attached hydrogen (secondary N) is 1. The molecule has 1 aromatic rings. The quantitative estimate of drug-likeness (QED) is 0.752. The SMILES string of the molecule is CCCNC(CO)(Cn1ccnc1C)C1CC1. The first kappa shape index (κ1) is 12.6. The minimum absolute atomic E-state index is 0.151. The summed E-state index contributed by atoms with van der Waals surface area (Å²) in [6.45, 7) is 6.15. The maximum absolute atomic E-state index is 9.81. The summed E-state index contributed by atoms with van der Waals surface area (Å²) in [5, 5.41) is 13.4. The Morgan fingerprint density at radius 1 is 1.59 bits per heavy atom. The average molecular weight is 237 g/mol. The van der Waals surface area contributed by atoms with Crippen LogP contribution in [0.1, 0.15) is 32.0 Å². The van der Waals surface area contributed by atoms with Gasteiger partial charge < -0.3 is 15.0 Å². The third kappa shape index (κ3) is 2.69. The second-order valence-electron chi connectivity index (χ2n) is 5.12. The fourth-order valence-electron chi connectivity index (χ4n) is 2.45. The van der Waals surface area contributed by atoms with Gasteiger partial charge in [0, 0.05) is 18.9 Å². The number of aliphatic hydroxyl groups excluding tert-OH is 1. The number of aromatic nitrogens is 2. The van der Waals surface area contributed by atoms with E-state index >= 15 is 0 Å². The molecule has 1 aromatic heterocycles. The van der Waals surface area contributed by atoms with Crippen LogP contribution in [0.2, 0.25) is 0 Å². The van der Waals surface area contributed by atoms with E-state index in [9.17, 15) is 5.11 Å². The summed E-state index contributed by atoms with van der Waals surface area (Å²) >= 11 is 0. The number of nitrogens with zero attached hydrogens (tertiary/aromatic N) is 2. The smallest absolute Gasteiger partial charge is 0.105 e. The van der Waals surface area contributed by atoms with Crippen molar-refractivity contribution in [2.24, 2.45) is 5.92 Å². The van der Waals surface area contributed by atoms with E-state index in [1.807, 2.05) is 19.3 Å². The maximum Gasteiger partial charge on any atom is 0.105 e. The lowest BCUT2D eigenvalue weighted by Crippen LogP contribution is -2.54. The monoisotopic (exact) mass is 237 g/mol. The topological polar surface area (TPSA) is 50.1 Å². The lowest BCUT2D eigenvalue weighted by atomic mass is 9.93. The Hall–Kier alpha value is -0.870. The summed E-state index contributed by atoms with van der Waals surface area (Å²) in [7, 11) is 0. The predicted molar refractivity (Wildman–Crippen MR) is 67.8 cm³/mol. The van der Waals surface area contributed by atoms with Crippen molar-refractivity contribution in [2.45, 2.75) is 45.2 Å². The molecule has 1 fully saturated rings. The van der Waals surface area contributed by atoms with Gasteiger partial charge in [0.05, 0.1) is 12.1 Å². The summed E-state index contributed by atoms with van der Waals surface area (Å²) in [6, 6.07) is 0. The van der Waals surface area contributed by atoms with Crippen LogP contribution < -0.4 is 5.32 Å². The van der Waals surface area contributed by atoms with E-state index in [0.717, 1.165) is 25.3 Å². The molecule has 17 heavy (non-hydrogen) atoms. The molecular weight excluding hydrogens is 214 g/mol. The van der Waals surface area contributed by atoms with Crippen molar-refractivity contribution in [2.75, 3.05) is 13.2 Å². The highest BCUT2D eigenvalue weighted by molar-refractivity contribution is 5.03. The molecule has 1 atom stereocenters. The highest BCUT2D eigenvalue weighted by Gasteiger charge is 2.44. The number of aliphatic hydroxyl groups is 1. The van der Waals surface area contributed by atoms with Gasteiger partial charge in [0.1, 0.15) is 5.82 Å². The summed E-state index contributed by atoms with van der Waals surface area (Å²) in [5.74, 6) is 1.63. The molecule has 0 spiro atoms. The zero-order valence-electron chi connectivity index (χ0n) is 10.8. The second kappa shape index (κ2) is 5.19. The van der Waals surface area contributed by atoms with E-state index in [1.54, 1.807) is 0 Å². The van der Waals surface area contributed by atoms with Gasteiger partial charge in [-0.3, -0.25) is 0 Å². The molecule has 1 heterocycles. The Morgan fingerprint density at radius 2 is 2.35 bits per heavy atom. The van der Waals surface area contributed by atoms with Crippen LogP contribution in [0.5, 0.6) is 0 Å². The normalized spacial score (nSPS) is 19.2. The molecule has 0 aromatic carbocycles. The van der Waals surface area contributed by atoms with Gasteiger partial charge >= 0.3 is 0 Å². The van der Waals surface area contributed by atoms with Gasteiger partial charge in [0.15, 0.2) is 0 Å². The fourth-order valence-corrected chi connectivity index (χ4v) is 2.45. The molecule has 0 saturated heterocycles. The van der Waals surface area contributed by atoms with Crippen LogP contribution in [0, 0.1) is 12.8 Å². The van der Waals surface area contributed by atoms with E-state index in [0.29, 0.717) is 5.92 Å². The molecule has 2 rings (SSSR count). The summed E-state index contributed by atoms with van der Waals surface area (Å²) in [5.41, 5.74) is -0.151. The third-order valence-electron chi connectivity index (χ3n) is 3.74. The number of hydrogen-bond donors (Lipinski definition) is 2. The van der Waals surface area contributed by atoms with Crippen LogP contribution in [0.25, 0.3) is 0 Å². The van der Waals surface area contributed by atoms with Crippen molar-refractivity contribution in [1.82, 2.24) is 14.9 Å².